The first-order valence-corrected chi connectivity index (χ1v) is 8.66. The molecule has 3 rings (SSSR count). The van der Waals surface area contributed by atoms with Crippen molar-refractivity contribution in [2.75, 3.05) is 17.2 Å². The molecule has 1 aliphatic rings. The third-order valence-corrected chi connectivity index (χ3v) is 6.42. The Kier molecular flexibility index (Phi) is 4.16. The van der Waals surface area contributed by atoms with Crippen LogP contribution in [0, 0.1) is 0 Å². The zero-order valence-corrected chi connectivity index (χ0v) is 12.8. The van der Waals surface area contributed by atoms with Crippen LogP contribution in [0.2, 0.25) is 0 Å². The number of pyridine rings is 1. The van der Waals surface area contributed by atoms with E-state index < -0.39 is 0 Å². The highest BCUT2D eigenvalue weighted by molar-refractivity contribution is 8.06. The maximum absolute atomic E-state index is 5.68. The van der Waals surface area contributed by atoms with E-state index in [0.29, 0.717) is 22.2 Å². The number of nitrogens with zero attached hydrogens (tertiary/aromatic N) is 3. The van der Waals surface area contributed by atoms with Crippen molar-refractivity contribution < 1.29 is 4.52 Å². The van der Waals surface area contributed by atoms with Gasteiger partial charge in [0.15, 0.2) is 5.82 Å². The fraction of sp³-hybridized carbons (Fsp3) is 0.462. The topological polar surface area (TPSA) is 77.8 Å². The van der Waals surface area contributed by atoms with Gasteiger partial charge < -0.3 is 10.3 Å². The van der Waals surface area contributed by atoms with E-state index in [-0.39, 0.29) is 0 Å². The maximum atomic E-state index is 5.68. The van der Waals surface area contributed by atoms with E-state index in [1.807, 2.05) is 29.6 Å². The second-order valence-corrected chi connectivity index (χ2v) is 7.13. The lowest BCUT2D eigenvalue weighted by Gasteiger charge is -2.27. The predicted octanol–water partition coefficient (Wildman–Crippen LogP) is 3.01. The van der Waals surface area contributed by atoms with Gasteiger partial charge >= 0.3 is 0 Å². The van der Waals surface area contributed by atoms with Gasteiger partial charge in [0.2, 0.25) is 0 Å². The highest BCUT2D eigenvalue weighted by atomic mass is 32.2. The van der Waals surface area contributed by atoms with Gasteiger partial charge in [-0.1, -0.05) is 12.1 Å². The zero-order valence-electron chi connectivity index (χ0n) is 11.2. The van der Waals surface area contributed by atoms with Crippen LogP contribution < -0.4 is 5.73 Å². The number of anilines is 1. The number of nitrogens with two attached hydrogens (primary N) is 1. The van der Waals surface area contributed by atoms with E-state index in [1.54, 1.807) is 12.3 Å². The summed E-state index contributed by atoms with van der Waals surface area (Å²) in [7, 11) is 0. The van der Waals surface area contributed by atoms with E-state index in [9.17, 15) is 0 Å². The highest BCUT2D eigenvalue weighted by Crippen LogP contribution is 2.43. The first kappa shape index (κ1) is 13.8. The van der Waals surface area contributed by atoms with Gasteiger partial charge in [-0.05, 0) is 18.6 Å². The fourth-order valence-corrected chi connectivity index (χ4v) is 5.17. The van der Waals surface area contributed by atoms with E-state index in [4.69, 9.17) is 10.3 Å². The van der Waals surface area contributed by atoms with Gasteiger partial charge in [-0.2, -0.15) is 16.7 Å². The summed E-state index contributed by atoms with van der Waals surface area (Å²) in [6, 6.07) is 3.57. The van der Waals surface area contributed by atoms with Crippen molar-refractivity contribution >= 4 is 29.3 Å². The fourth-order valence-electron chi connectivity index (χ4n) is 2.19. The van der Waals surface area contributed by atoms with Crippen LogP contribution >= 0.6 is 23.5 Å². The van der Waals surface area contributed by atoms with Crippen molar-refractivity contribution in [3.8, 4) is 11.5 Å². The monoisotopic (exact) mass is 308 g/mol. The molecule has 106 valence electrons. The molecule has 2 atom stereocenters. The molecule has 0 radical (unpaired) electrons. The molecule has 2 N–H and O–H groups in total. The first-order chi connectivity index (χ1) is 9.78. The van der Waals surface area contributed by atoms with E-state index in [2.05, 4.69) is 22.0 Å². The van der Waals surface area contributed by atoms with Crippen LogP contribution in [0.15, 0.2) is 22.9 Å². The Labute approximate surface area is 126 Å². The number of nitrogen functional groups attached to an aromatic ring is 1. The molecule has 1 saturated heterocycles. The summed E-state index contributed by atoms with van der Waals surface area (Å²) in [6.07, 6.45) is 2.77. The van der Waals surface area contributed by atoms with Crippen LogP contribution in [-0.4, -0.2) is 31.9 Å². The van der Waals surface area contributed by atoms with Crippen LogP contribution in [0.3, 0.4) is 0 Å². The van der Waals surface area contributed by atoms with Crippen molar-refractivity contribution in [3.05, 3.63) is 24.2 Å². The lowest BCUT2D eigenvalue weighted by atomic mass is 10.2. The van der Waals surface area contributed by atoms with Crippen molar-refractivity contribution in [2.45, 2.75) is 23.8 Å². The van der Waals surface area contributed by atoms with E-state index in [0.717, 1.165) is 23.6 Å². The maximum Gasteiger partial charge on any atom is 0.258 e. The second kappa shape index (κ2) is 6.05. The van der Waals surface area contributed by atoms with Gasteiger partial charge in [-0.3, -0.25) is 0 Å². The molecule has 3 heterocycles. The molecule has 7 heteroatoms. The molecule has 0 aromatic carbocycles. The Balaban J connectivity index is 1.86. The molecule has 0 aliphatic carbocycles. The third-order valence-electron chi connectivity index (χ3n) is 3.18. The molecular formula is C13H16N4OS2. The van der Waals surface area contributed by atoms with Gasteiger partial charge in [-0.15, -0.1) is 11.8 Å². The van der Waals surface area contributed by atoms with Crippen LogP contribution in [0.25, 0.3) is 11.5 Å². The Morgan fingerprint density at radius 2 is 2.25 bits per heavy atom. The summed E-state index contributed by atoms with van der Waals surface area (Å²) in [5, 5.41) is 5.03. The standard InChI is InChI=1S/C13H16N4OS2/c1-2-9-11(20-6-5-19-9)12-16-13(18-17-12)8-3-4-15-10(14)7-8/h3-4,7,9,11H,2,5-6H2,1H3,(H2,14,15). The molecule has 2 aromatic rings. The zero-order chi connectivity index (χ0) is 13.9. The number of rotatable bonds is 3. The molecule has 0 saturated carbocycles. The molecule has 5 nitrogen and oxygen atoms in total. The second-order valence-electron chi connectivity index (χ2n) is 4.54. The molecule has 0 amide bonds. The quantitative estimate of drug-likeness (QED) is 0.933. The number of aromatic nitrogens is 3. The number of thioether (sulfide) groups is 2. The van der Waals surface area contributed by atoms with Crippen molar-refractivity contribution in [3.63, 3.8) is 0 Å². The van der Waals surface area contributed by atoms with Gasteiger partial charge in [0.05, 0.1) is 5.25 Å². The average molecular weight is 308 g/mol. The van der Waals surface area contributed by atoms with Crippen LogP contribution in [0.5, 0.6) is 0 Å². The molecule has 20 heavy (non-hydrogen) atoms. The number of hydrogen-bond donors (Lipinski definition) is 1. The minimum absolute atomic E-state index is 0.315. The third kappa shape index (κ3) is 2.78. The first-order valence-electron chi connectivity index (χ1n) is 6.56. The summed E-state index contributed by atoms with van der Waals surface area (Å²) in [5.74, 6) is 4.10. The SMILES string of the molecule is CCC1SCCSC1c1noc(-c2ccnc(N)c2)n1. The van der Waals surface area contributed by atoms with Crippen LogP contribution in [0.4, 0.5) is 5.82 Å². The molecule has 1 aliphatic heterocycles. The Bertz CT molecular complexity index is 589. The largest absolute Gasteiger partial charge is 0.384 e. The summed E-state index contributed by atoms with van der Waals surface area (Å²) in [6.45, 7) is 2.21. The molecular weight excluding hydrogens is 292 g/mol. The van der Waals surface area contributed by atoms with E-state index in [1.165, 1.54) is 5.75 Å². The van der Waals surface area contributed by atoms with Crippen LogP contribution in [0.1, 0.15) is 24.4 Å². The summed E-state index contributed by atoms with van der Waals surface area (Å²) < 4.78 is 5.38. The van der Waals surface area contributed by atoms with Crippen molar-refractivity contribution in [1.82, 2.24) is 15.1 Å². The molecule has 0 bridgehead atoms. The number of hydrogen-bond acceptors (Lipinski definition) is 7. The molecule has 0 spiro atoms. The minimum Gasteiger partial charge on any atom is -0.384 e. The molecule has 1 fully saturated rings. The highest BCUT2D eigenvalue weighted by Gasteiger charge is 2.30. The van der Waals surface area contributed by atoms with Crippen LogP contribution in [-0.2, 0) is 0 Å². The smallest absolute Gasteiger partial charge is 0.258 e. The van der Waals surface area contributed by atoms with Crippen molar-refractivity contribution in [2.24, 2.45) is 0 Å². The summed E-state index contributed by atoms with van der Waals surface area (Å²) >= 11 is 3.92. The van der Waals surface area contributed by atoms with Gasteiger partial charge in [0, 0.05) is 28.5 Å². The average Bonchev–Trinajstić information content (AvgIpc) is 2.97. The summed E-state index contributed by atoms with van der Waals surface area (Å²) in [4.78, 5) is 8.52. The van der Waals surface area contributed by atoms with Gasteiger partial charge in [-0.25, -0.2) is 4.98 Å². The van der Waals surface area contributed by atoms with Gasteiger partial charge in [0.25, 0.3) is 5.89 Å². The lowest BCUT2D eigenvalue weighted by molar-refractivity contribution is 0.421. The molecule has 2 aromatic heterocycles. The normalized spacial score (nSPS) is 22.9. The Morgan fingerprint density at radius 1 is 1.40 bits per heavy atom. The van der Waals surface area contributed by atoms with E-state index >= 15 is 0 Å². The Morgan fingerprint density at radius 3 is 3.05 bits per heavy atom. The minimum atomic E-state index is 0.315. The predicted molar refractivity (Wildman–Crippen MR) is 83.7 cm³/mol. The van der Waals surface area contributed by atoms with Crippen molar-refractivity contribution in [1.29, 1.82) is 0 Å². The van der Waals surface area contributed by atoms with Gasteiger partial charge in [0.1, 0.15) is 5.82 Å². The lowest BCUT2D eigenvalue weighted by Crippen LogP contribution is -2.19. The Hall–Kier alpha value is -1.21. The molecule has 2 unspecified atom stereocenters. The summed E-state index contributed by atoms with van der Waals surface area (Å²) in [5.41, 5.74) is 6.50.